The Balaban J connectivity index is 1.90. The maximum absolute atomic E-state index is 5.32. The van der Waals surface area contributed by atoms with Crippen molar-refractivity contribution in [2.45, 2.75) is 25.9 Å². The summed E-state index contributed by atoms with van der Waals surface area (Å²) in [6.07, 6.45) is 1.05. The molecule has 0 radical (unpaired) electrons. The number of thiophene rings is 1. The molecule has 0 spiro atoms. The summed E-state index contributed by atoms with van der Waals surface area (Å²) in [5, 5.41) is 7.86. The second-order valence-corrected chi connectivity index (χ2v) is 5.59. The van der Waals surface area contributed by atoms with Gasteiger partial charge < -0.3 is 14.8 Å². The molecular weight excluding hydrogens is 270 g/mol. The first-order chi connectivity index (χ1) is 9.72. The molecule has 1 N–H and O–H groups in total. The lowest BCUT2D eigenvalue weighted by Gasteiger charge is -2.14. The SMILES string of the molecule is COc1ccc(CNC(C)Cc2ccsc2)cc1OC. The van der Waals surface area contributed by atoms with E-state index in [4.69, 9.17) is 9.47 Å². The molecule has 0 saturated carbocycles. The molecule has 2 aromatic rings. The molecule has 0 aliphatic rings. The Hall–Kier alpha value is -1.52. The highest BCUT2D eigenvalue weighted by atomic mass is 32.1. The smallest absolute Gasteiger partial charge is 0.161 e. The van der Waals surface area contributed by atoms with Crippen LogP contribution in [0.3, 0.4) is 0 Å². The molecule has 1 aromatic heterocycles. The van der Waals surface area contributed by atoms with Crippen LogP contribution in [0.2, 0.25) is 0 Å². The van der Waals surface area contributed by atoms with E-state index < -0.39 is 0 Å². The fourth-order valence-electron chi connectivity index (χ4n) is 2.12. The standard InChI is InChI=1S/C16H21NO2S/c1-12(8-14-6-7-20-11-14)17-10-13-4-5-15(18-2)16(9-13)19-3/h4-7,9,11-12,17H,8,10H2,1-3H3. The maximum atomic E-state index is 5.32. The minimum Gasteiger partial charge on any atom is -0.493 e. The van der Waals surface area contributed by atoms with Crippen molar-refractivity contribution in [2.24, 2.45) is 0 Å². The highest BCUT2D eigenvalue weighted by Gasteiger charge is 2.07. The zero-order valence-corrected chi connectivity index (χ0v) is 13.0. The van der Waals surface area contributed by atoms with E-state index in [-0.39, 0.29) is 0 Å². The Morgan fingerprint density at radius 3 is 2.55 bits per heavy atom. The molecule has 1 aromatic carbocycles. The Bertz CT molecular complexity index is 525. The van der Waals surface area contributed by atoms with Gasteiger partial charge in [-0.05, 0) is 53.4 Å². The van der Waals surface area contributed by atoms with Gasteiger partial charge in [0, 0.05) is 12.6 Å². The average molecular weight is 291 g/mol. The molecule has 1 heterocycles. The second kappa shape index (κ2) is 7.31. The van der Waals surface area contributed by atoms with Crippen LogP contribution < -0.4 is 14.8 Å². The number of hydrogen-bond acceptors (Lipinski definition) is 4. The van der Waals surface area contributed by atoms with Gasteiger partial charge in [-0.25, -0.2) is 0 Å². The molecule has 0 amide bonds. The van der Waals surface area contributed by atoms with Crippen molar-refractivity contribution in [3.05, 3.63) is 46.2 Å². The van der Waals surface area contributed by atoms with Crippen LogP contribution in [0.25, 0.3) is 0 Å². The van der Waals surface area contributed by atoms with Crippen LogP contribution in [0, 0.1) is 0 Å². The molecule has 0 aliphatic carbocycles. The molecule has 3 nitrogen and oxygen atoms in total. The van der Waals surface area contributed by atoms with E-state index in [2.05, 4.69) is 35.1 Å². The lowest BCUT2D eigenvalue weighted by Crippen LogP contribution is -2.27. The van der Waals surface area contributed by atoms with Gasteiger partial charge >= 0.3 is 0 Å². The lowest BCUT2D eigenvalue weighted by atomic mass is 10.1. The predicted octanol–water partition coefficient (Wildman–Crippen LogP) is 3.49. The van der Waals surface area contributed by atoms with Crippen molar-refractivity contribution in [1.29, 1.82) is 0 Å². The third kappa shape index (κ3) is 3.99. The van der Waals surface area contributed by atoms with E-state index in [1.165, 1.54) is 11.1 Å². The molecule has 1 unspecified atom stereocenters. The van der Waals surface area contributed by atoms with Gasteiger partial charge in [-0.2, -0.15) is 11.3 Å². The Kier molecular flexibility index (Phi) is 5.44. The number of rotatable bonds is 7. The normalized spacial score (nSPS) is 12.2. The predicted molar refractivity (Wildman–Crippen MR) is 83.9 cm³/mol. The highest BCUT2D eigenvalue weighted by Crippen LogP contribution is 2.27. The lowest BCUT2D eigenvalue weighted by molar-refractivity contribution is 0.354. The molecule has 2 rings (SSSR count). The first-order valence-corrected chi connectivity index (χ1v) is 7.62. The summed E-state index contributed by atoms with van der Waals surface area (Å²) in [7, 11) is 3.31. The van der Waals surface area contributed by atoms with E-state index in [0.29, 0.717) is 6.04 Å². The summed E-state index contributed by atoms with van der Waals surface area (Å²) < 4.78 is 10.6. The average Bonchev–Trinajstić information content (AvgIpc) is 2.97. The zero-order valence-electron chi connectivity index (χ0n) is 12.2. The summed E-state index contributed by atoms with van der Waals surface area (Å²) >= 11 is 1.75. The van der Waals surface area contributed by atoms with Gasteiger partial charge in [0.2, 0.25) is 0 Å². The fourth-order valence-corrected chi connectivity index (χ4v) is 2.80. The van der Waals surface area contributed by atoms with E-state index in [1.807, 2.05) is 12.1 Å². The van der Waals surface area contributed by atoms with Gasteiger partial charge in [0.1, 0.15) is 0 Å². The van der Waals surface area contributed by atoms with Crippen molar-refractivity contribution in [3.8, 4) is 11.5 Å². The first kappa shape index (κ1) is 14.9. The summed E-state index contributed by atoms with van der Waals surface area (Å²) in [5.74, 6) is 1.54. The molecule has 0 bridgehead atoms. The highest BCUT2D eigenvalue weighted by molar-refractivity contribution is 7.07. The van der Waals surface area contributed by atoms with Crippen molar-refractivity contribution in [2.75, 3.05) is 14.2 Å². The third-order valence-electron chi connectivity index (χ3n) is 3.22. The number of ether oxygens (including phenoxy) is 2. The van der Waals surface area contributed by atoms with Crippen molar-refractivity contribution in [1.82, 2.24) is 5.32 Å². The zero-order chi connectivity index (χ0) is 14.4. The molecule has 0 fully saturated rings. The fraction of sp³-hybridized carbons (Fsp3) is 0.375. The molecule has 0 saturated heterocycles. The van der Waals surface area contributed by atoms with E-state index >= 15 is 0 Å². The van der Waals surface area contributed by atoms with Crippen molar-refractivity contribution < 1.29 is 9.47 Å². The van der Waals surface area contributed by atoms with Gasteiger partial charge in [0.05, 0.1) is 14.2 Å². The molecule has 1 atom stereocenters. The van der Waals surface area contributed by atoms with Gasteiger partial charge in [-0.1, -0.05) is 6.07 Å². The topological polar surface area (TPSA) is 30.5 Å². The largest absolute Gasteiger partial charge is 0.493 e. The number of benzene rings is 1. The minimum absolute atomic E-state index is 0.442. The summed E-state index contributed by atoms with van der Waals surface area (Å²) in [5.41, 5.74) is 2.59. The molecule has 108 valence electrons. The van der Waals surface area contributed by atoms with Crippen LogP contribution in [0.4, 0.5) is 0 Å². The van der Waals surface area contributed by atoms with Crippen molar-refractivity contribution in [3.63, 3.8) is 0 Å². The number of hydrogen-bond donors (Lipinski definition) is 1. The van der Waals surface area contributed by atoms with Crippen LogP contribution in [0.5, 0.6) is 11.5 Å². The maximum Gasteiger partial charge on any atom is 0.161 e. The molecule has 4 heteroatoms. The van der Waals surface area contributed by atoms with Crippen LogP contribution in [0.15, 0.2) is 35.0 Å². The van der Waals surface area contributed by atoms with E-state index in [1.54, 1.807) is 25.6 Å². The molecular formula is C16H21NO2S. The summed E-state index contributed by atoms with van der Waals surface area (Å²) in [6.45, 7) is 3.03. The minimum atomic E-state index is 0.442. The summed E-state index contributed by atoms with van der Waals surface area (Å²) in [6, 6.07) is 8.64. The Labute approximate surface area is 124 Å². The number of nitrogens with one attached hydrogen (secondary N) is 1. The van der Waals surface area contributed by atoms with Gasteiger partial charge in [0.25, 0.3) is 0 Å². The first-order valence-electron chi connectivity index (χ1n) is 6.68. The molecule has 20 heavy (non-hydrogen) atoms. The Morgan fingerprint density at radius 2 is 1.90 bits per heavy atom. The summed E-state index contributed by atoms with van der Waals surface area (Å²) in [4.78, 5) is 0. The second-order valence-electron chi connectivity index (χ2n) is 4.81. The van der Waals surface area contributed by atoms with Crippen LogP contribution in [0.1, 0.15) is 18.1 Å². The monoisotopic (exact) mass is 291 g/mol. The quantitative estimate of drug-likeness (QED) is 0.847. The van der Waals surface area contributed by atoms with Gasteiger partial charge in [-0.15, -0.1) is 0 Å². The van der Waals surface area contributed by atoms with Crippen molar-refractivity contribution >= 4 is 11.3 Å². The Morgan fingerprint density at radius 1 is 1.10 bits per heavy atom. The van der Waals surface area contributed by atoms with E-state index in [0.717, 1.165) is 24.5 Å². The van der Waals surface area contributed by atoms with Crippen LogP contribution >= 0.6 is 11.3 Å². The number of methoxy groups -OCH3 is 2. The van der Waals surface area contributed by atoms with Gasteiger partial charge in [-0.3, -0.25) is 0 Å². The van der Waals surface area contributed by atoms with Crippen LogP contribution in [-0.4, -0.2) is 20.3 Å². The van der Waals surface area contributed by atoms with Gasteiger partial charge in [0.15, 0.2) is 11.5 Å². The molecule has 0 aliphatic heterocycles. The third-order valence-corrected chi connectivity index (χ3v) is 3.96. The van der Waals surface area contributed by atoms with Crippen LogP contribution in [-0.2, 0) is 13.0 Å². The van der Waals surface area contributed by atoms with E-state index in [9.17, 15) is 0 Å².